The van der Waals surface area contributed by atoms with Crippen molar-refractivity contribution in [2.75, 3.05) is 18.9 Å². The van der Waals surface area contributed by atoms with Gasteiger partial charge in [-0.15, -0.1) is 0 Å². The van der Waals surface area contributed by atoms with Gasteiger partial charge in [-0.25, -0.2) is 8.42 Å². The van der Waals surface area contributed by atoms with Crippen LogP contribution in [0.1, 0.15) is 16.7 Å². The fourth-order valence-electron chi connectivity index (χ4n) is 2.76. The van der Waals surface area contributed by atoms with Crippen LogP contribution in [0.5, 0.6) is 0 Å². The minimum Gasteiger partial charge on any atom is -0.376 e. The Morgan fingerprint density at radius 1 is 0.957 bits per heavy atom. The number of ether oxygens (including phenoxy) is 1. The van der Waals surface area contributed by atoms with Gasteiger partial charge < -0.3 is 4.74 Å². The average molecular weight is 331 g/mol. The van der Waals surface area contributed by atoms with E-state index in [1.54, 1.807) is 4.31 Å². The van der Waals surface area contributed by atoms with Crippen LogP contribution in [-0.4, -0.2) is 31.6 Å². The molecule has 0 radical (unpaired) electrons. The van der Waals surface area contributed by atoms with Gasteiger partial charge >= 0.3 is 0 Å². The van der Waals surface area contributed by atoms with Crippen molar-refractivity contribution >= 4 is 10.0 Å². The van der Waals surface area contributed by atoms with E-state index >= 15 is 0 Å². The second kappa shape index (κ2) is 7.25. The van der Waals surface area contributed by atoms with Gasteiger partial charge in [0.15, 0.2) is 0 Å². The molecule has 5 heteroatoms. The van der Waals surface area contributed by atoms with E-state index in [1.165, 1.54) is 5.56 Å². The second-order valence-electron chi connectivity index (χ2n) is 5.71. The van der Waals surface area contributed by atoms with Crippen molar-refractivity contribution in [3.8, 4) is 0 Å². The molecule has 0 spiro atoms. The second-order valence-corrected chi connectivity index (χ2v) is 7.79. The monoisotopic (exact) mass is 331 g/mol. The number of hydrogen-bond donors (Lipinski definition) is 0. The molecule has 0 atom stereocenters. The van der Waals surface area contributed by atoms with Gasteiger partial charge in [-0.2, -0.15) is 4.31 Å². The zero-order chi connectivity index (χ0) is 16.1. The van der Waals surface area contributed by atoms with Crippen molar-refractivity contribution in [2.24, 2.45) is 0 Å². The molecule has 0 unspecified atom stereocenters. The lowest BCUT2D eigenvalue weighted by molar-refractivity contribution is 0.134. The summed E-state index contributed by atoms with van der Waals surface area (Å²) in [7, 11) is -3.27. The van der Waals surface area contributed by atoms with Crippen molar-refractivity contribution in [2.45, 2.75) is 19.6 Å². The number of fused-ring (bicyclic) bond motifs is 1. The van der Waals surface area contributed by atoms with Crippen LogP contribution in [0.3, 0.4) is 0 Å². The summed E-state index contributed by atoms with van der Waals surface area (Å²) in [5, 5.41) is 0. The fourth-order valence-corrected chi connectivity index (χ4v) is 4.06. The summed E-state index contributed by atoms with van der Waals surface area (Å²) < 4.78 is 32.0. The topological polar surface area (TPSA) is 46.6 Å². The minimum atomic E-state index is -3.27. The maximum Gasteiger partial charge on any atom is 0.216 e. The van der Waals surface area contributed by atoms with Crippen LogP contribution in [0.4, 0.5) is 0 Å². The van der Waals surface area contributed by atoms with E-state index in [0.29, 0.717) is 19.7 Å². The minimum absolute atomic E-state index is 0.0298. The number of benzene rings is 2. The maximum absolute atomic E-state index is 12.5. The lowest BCUT2D eigenvalue weighted by atomic mass is 10.0. The van der Waals surface area contributed by atoms with Gasteiger partial charge in [-0.05, 0) is 23.1 Å². The van der Waals surface area contributed by atoms with Crippen molar-refractivity contribution < 1.29 is 13.2 Å². The molecule has 0 N–H and O–H groups in total. The Balaban J connectivity index is 1.52. The lowest BCUT2D eigenvalue weighted by Gasteiger charge is -2.28. The SMILES string of the molecule is O=S(=O)(CCOCc1ccccc1)N1CCc2ccccc2C1. The van der Waals surface area contributed by atoms with Crippen LogP contribution in [0.25, 0.3) is 0 Å². The molecule has 23 heavy (non-hydrogen) atoms. The Morgan fingerprint density at radius 3 is 2.43 bits per heavy atom. The molecule has 0 amide bonds. The molecule has 1 heterocycles. The third-order valence-electron chi connectivity index (χ3n) is 4.09. The van der Waals surface area contributed by atoms with Gasteiger partial charge in [-0.1, -0.05) is 54.6 Å². The first-order valence-electron chi connectivity index (χ1n) is 7.81. The third-order valence-corrected chi connectivity index (χ3v) is 5.87. The van der Waals surface area contributed by atoms with Gasteiger partial charge in [0.25, 0.3) is 0 Å². The van der Waals surface area contributed by atoms with Crippen LogP contribution in [-0.2, 0) is 34.3 Å². The van der Waals surface area contributed by atoms with Crippen molar-refractivity contribution in [3.63, 3.8) is 0 Å². The smallest absolute Gasteiger partial charge is 0.216 e. The Hall–Kier alpha value is -1.69. The number of nitrogens with zero attached hydrogens (tertiary/aromatic N) is 1. The highest BCUT2D eigenvalue weighted by molar-refractivity contribution is 7.89. The van der Waals surface area contributed by atoms with Gasteiger partial charge in [0.1, 0.15) is 0 Å². The molecule has 0 aromatic heterocycles. The normalized spacial score (nSPS) is 15.3. The van der Waals surface area contributed by atoms with E-state index in [2.05, 4.69) is 6.07 Å². The molecule has 122 valence electrons. The molecule has 4 nitrogen and oxygen atoms in total. The summed E-state index contributed by atoms with van der Waals surface area (Å²) in [6.07, 6.45) is 0.778. The summed E-state index contributed by atoms with van der Waals surface area (Å²) in [5.74, 6) is 0.0298. The zero-order valence-corrected chi connectivity index (χ0v) is 13.8. The van der Waals surface area contributed by atoms with E-state index in [9.17, 15) is 8.42 Å². The summed E-state index contributed by atoms with van der Waals surface area (Å²) in [6, 6.07) is 17.8. The molecular formula is C18H21NO3S. The molecule has 0 aliphatic carbocycles. The zero-order valence-electron chi connectivity index (χ0n) is 13.0. The number of hydrogen-bond acceptors (Lipinski definition) is 3. The van der Waals surface area contributed by atoms with Gasteiger partial charge in [0.05, 0.1) is 19.0 Å². The van der Waals surface area contributed by atoms with Gasteiger partial charge in [-0.3, -0.25) is 0 Å². The molecule has 0 saturated heterocycles. The predicted octanol–water partition coefficient (Wildman–Crippen LogP) is 2.59. The summed E-state index contributed by atoms with van der Waals surface area (Å²) >= 11 is 0. The standard InChI is InChI=1S/C18H21NO3S/c20-23(21,13-12-22-15-16-6-2-1-3-7-16)19-11-10-17-8-4-5-9-18(17)14-19/h1-9H,10-15H2. The summed E-state index contributed by atoms with van der Waals surface area (Å²) in [5.41, 5.74) is 3.41. The highest BCUT2D eigenvalue weighted by atomic mass is 32.2. The highest BCUT2D eigenvalue weighted by Gasteiger charge is 2.26. The number of sulfonamides is 1. The van der Waals surface area contributed by atoms with Crippen LogP contribution >= 0.6 is 0 Å². The molecular weight excluding hydrogens is 310 g/mol. The first-order chi connectivity index (χ1) is 11.1. The van der Waals surface area contributed by atoms with Gasteiger partial charge in [0.2, 0.25) is 10.0 Å². The van der Waals surface area contributed by atoms with E-state index in [0.717, 1.165) is 17.5 Å². The highest BCUT2D eigenvalue weighted by Crippen LogP contribution is 2.21. The molecule has 2 aromatic carbocycles. The molecule has 0 saturated carbocycles. The first kappa shape index (κ1) is 16.2. The Labute approximate surface area is 137 Å². The predicted molar refractivity (Wildman–Crippen MR) is 90.4 cm³/mol. The van der Waals surface area contributed by atoms with E-state index in [1.807, 2.05) is 48.5 Å². The molecule has 0 fully saturated rings. The van der Waals surface area contributed by atoms with Crippen LogP contribution in [0.2, 0.25) is 0 Å². The Bertz CT molecular complexity index is 744. The largest absolute Gasteiger partial charge is 0.376 e. The van der Waals surface area contributed by atoms with Crippen LogP contribution in [0, 0.1) is 0 Å². The average Bonchev–Trinajstić information content (AvgIpc) is 2.59. The lowest BCUT2D eigenvalue weighted by Crippen LogP contribution is -2.38. The molecule has 0 bridgehead atoms. The van der Waals surface area contributed by atoms with Gasteiger partial charge in [0, 0.05) is 13.1 Å². The summed E-state index contributed by atoms with van der Waals surface area (Å²) in [4.78, 5) is 0. The van der Waals surface area contributed by atoms with Crippen LogP contribution < -0.4 is 0 Å². The maximum atomic E-state index is 12.5. The van der Waals surface area contributed by atoms with Crippen LogP contribution in [0.15, 0.2) is 54.6 Å². The molecule has 3 rings (SSSR count). The Kier molecular flexibility index (Phi) is 5.10. The first-order valence-corrected chi connectivity index (χ1v) is 9.42. The van der Waals surface area contributed by atoms with E-state index < -0.39 is 10.0 Å². The third kappa shape index (κ3) is 4.19. The van der Waals surface area contributed by atoms with Crippen molar-refractivity contribution in [1.82, 2.24) is 4.31 Å². The fraction of sp³-hybridized carbons (Fsp3) is 0.333. The quantitative estimate of drug-likeness (QED) is 0.765. The van der Waals surface area contributed by atoms with Crippen molar-refractivity contribution in [3.05, 3.63) is 71.3 Å². The molecule has 1 aliphatic rings. The summed E-state index contributed by atoms with van der Waals surface area (Å²) in [6.45, 7) is 1.68. The molecule has 1 aliphatic heterocycles. The Morgan fingerprint density at radius 2 is 1.65 bits per heavy atom. The number of rotatable bonds is 6. The van der Waals surface area contributed by atoms with E-state index in [-0.39, 0.29) is 12.4 Å². The molecule has 2 aromatic rings. The van der Waals surface area contributed by atoms with E-state index in [4.69, 9.17) is 4.74 Å². The van der Waals surface area contributed by atoms with Crippen molar-refractivity contribution in [1.29, 1.82) is 0 Å².